The fourth-order valence-corrected chi connectivity index (χ4v) is 5.67. The number of nitriles is 1. The number of carbonyl (C=O) groups excluding carboxylic acids is 1. The number of carbonyl (C=O) groups is 1. The van der Waals surface area contributed by atoms with Crippen molar-refractivity contribution in [3.05, 3.63) is 82.1 Å². The second kappa shape index (κ2) is 6.29. The van der Waals surface area contributed by atoms with Crippen LogP contribution in [-0.4, -0.2) is 15.8 Å². The van der Waals surface area contributed by atoms with Gasteiger partial charge in [-0.1, -0.05) is 44.2 Å². The number of benzene rings is 2. The molecule has 2 aliphatic carbocycles. The predicted octanol–water partition coefficient (Wildman–Crippen LogP) is 4.57. The number of nitrogens with zero attached hydrogens (tertiary/aromatic N) is 3. The standard InChI is InChI=1S/C27H22N4O2/c1-14-8-9-18-19(10-14)31-24-23(30-18)15-6-4-5-7-16(15)27(24)17(13-28)25(29)33-21-12-26(2,3)11-20(32)22(21)27/h4-10H,11-12,29H2,1-3H3. The summed E-state index contributed by atoms with van der Waals surface area (Å²) in [5.41, 5.74) is 11.0. The zero-order chi connectivity index (χ0) is 23.1. The zero-order valence-electron chi connectivity index (χ0n) is 18.7. The summed E-state index contributed by atoms with van der Waals surface area (Å²) >= 11 is 0. The minimum absolute atomic E-state index is 0.0237. The van der Waals surface area contributed by atoms with Crippen LogP contribution in [0, 0.1) is 23.7 Å². The zero-order valence-corrected chi connectivity index (χ0v) is 18.7. The van der Waals surface area contributed by atoms with Crippen LogP contribution >= 0.6 is 0 Å². The van der Waals surface area contributed by atoms with Crippen LogP contribution in [0.15, 0.2) is 65.3 Å². The van der Waals surface area contributed by atoms with Crippen LogP contribution in [0.25, 0.3) is 22.3 Å². The van der Waals surface area contributed by atoms with Gasteiger partial charge in [0.1, 0.15) is 22.8 Å². The van der Waals surface area contributed by atoms with Gasteiger partial charge in [0.15, 0.2) is 5.78 Å². The molecule has 3 aromatic rings. The summed E-state index contributed by atoms with van der Waals surface area (Å²) in [6.07, 6.45) is 0.903. The fraction of sp³-hybridized carbons (Fsp3) is 0.259. The lowest BCUT2D eigenvalue weighted by molar-refractivity contribution is -0.119. The smallest absolute Gasteiger partial charge is 0.205 e. The minimum atomic E-state index is -1.23. The predicted molar refractivity (Wildman–Crippen MR) is 123 cm³/mol. The molecule has 6 heteroatoms. The molecule has 3 aliphatic rings. The third kappa shape index (κ3) is 2.45. The Hall–Kier alpha value is -3.98. The first-order valence-electron chi connectivity index (χ1n) is 11.0. The minimum Gasteiger partial charge on any atom is -0.444 e. The molecule has 0 radical (unpaired) electrons. The Morgan fingerprint density at radius 3 is 2.67 bits per heavy atom. The Kier molecular flexibility index (Phi) is 3.75. The van der Waals surface area contributed by atoms with Crippen LogP contribution in [0.4, 0.5) is 0 Å². The molecule has 0 saturated carbocycles. The van der Waals surface area contributed by atoms with E-state index >= 15 is 0 Å². The molecule has 1 aliphatic heterocycles. The highest BCUT2D eigenvalue weighted by molar-refractivity contribution is 6.05. The van der Waals surface area contributed by atoms with Crippen molar-refractivity contribution in [1.29, 1.82) is 5.26 Å². The maximum atomic E-state index is 13.8. The molecule has 0 bridgehead atoms. The molecule has 1 spiro atoms. The molecule has 1 unspecified atom stereocenters. The Bertz CT molecular complexity index is 1520. The summed E-state index contributed by atoms with van der Waals surface area (Å²) in [7, 11) is 0. The normalized spacial score (nSPS) is 22.7. The number of aromatic nitrogens is 2. The van der Waals surface area contributed by atoms with Crippen LogP contribution in [0.2, 0.25) is 0 Å². The quantitative estimate of drug-likeness (QED) is 0.556. The largest absolute Gasteiger partial charge is 0.444 e. The van der Waals surface area contributed by atoms with Crippen LogP contribution in [0.5, 0.6) is 0 Å². The molecule has 33 heavy (non-hydrogen) atoms. The van der Waals surface area contributed by atoms with Gasteiger partial charge in [-0.2, -0.15) is 5.26 Å². The first-order valence-corrected chi connectivity index (χ1v) is 11.0. The van der Waals surface area contributed by atoms with Crippen molar-refractivity contribution in [3.8, 4) is 17.3 Å². The number of nitrogens with two attached hydrogens (primary N) is 1. The number of ether oxygens (including phenoxy) is 1. The summed E-state index contributed by atoms with van der Waals surface area (Å²) in [5.74, 6) is 0.507. The topological polar surface area (TPSA) is 102 Å². The van der Waals surface area contributed by atoms with Gasteiger partial charge in [0.2, 0.25) is 5.88 Å². The van der Waals surface area contributed by atoms with Gasteiger partial charge in [-0.15, -0.1) is 0 Å². The van der Waals surface area contributed by atoms with Crippen molar-refractivity contribution in [2.75, 3.05) is 0 Å². The first-order chi connectivity index (χ1) is 15.8. The van der Waals surface area contributed by atoms with Crippen molar-refractivity contribution < 1.29 is 9.53 Å². The monoisotopic (exact) mass is 434 g/mol. The summed E-state index contributed by atoms with van der Waals surface area (Å²) < 4.78 is 5.97. The molecule has 1 aromatic heterocycles. The number of aryl methyl sites for hydroxylation is 1. The Morgan fingerprint density at radius 2 is 1.88 bits per heavy atom. The number of rotatable bonds is 0. The van der Waals surface area contributed by atoms with E-state index in [1.54, 1.807) is 0 Å². The van der Waals surface area contributed by atoms with E-state index in [-0.39, 0.29) is 22.7 Å². The summed E-state index contributed by atoms with van der Waals surface area (Å²) in [5, 5.41) is 10.3. The Balaban J connectivity index is 1.81. The van der Waals surface area contributed by atoms with Crippen molar-refractivity contribution in [1.82, 2.24) is 9.97 Å². The number of hydrogen-bond acceptors (Lipinski definition) is 6. The molecule has 0 saturated heterocycles. The molecule has 2 aromatic carbocycles. The van der Waals surface area contributed by atoms with Crippen LogP contribution < -0.4 is 5.73 Å². The highest BCUT2D eigenvalue weighted by Gasteiger charge is 2.59. The van der Waals surface area contributed by atoms with E-state index in [2.05, 4.69) is 6.07 Å². The lowest BCUT2D eigenvalue weighted by atomic mass is 9.61. The fourth-order valence-electron chi connectivity index (χ4n) is 5.67. The third-order valence-corrected chi connectivity index (χ3v) is 6.94. The van der Waals surface area contributed by atoms with Gasteiger partial charge in [-0.3, -0.25) is 4.79 Å². The molecule has 6 nitrogen and oxygen atoms in total. The van der Waals surface area contributed by atoms with Crippen LogP contribution in [0.3, 0.4) is 0 Å². The van der Waals surface area contributed by atoms with E-state index in [1.165, 1.54) is 0 Å². The third-order valence-electron chi connectivity index (χ3n) is 6.94. The molecule has 162 valence electrons. The number of hydrogen-bond donors (Lipinski definition) is 1. The first kappa shape index (κ1) is 19.7. The van der Waals surface area contributed by atoms with Gasteiger partial charge in [-0.25, -0.2) is 9.97 Å². The SMILES string of the molecule is Cc1ccc2nc3c(nc2c1)C1(C(C#N)=C(N)OC2=C1C(=O)CC(C)(C)C2)c1ccccc1-3. The van der Waals surface area contributed by atoms with E-state index in [9.17, 15) is 10.1 Å². The average Bonchev–Trinajstić information content (AvgIpc) is 3.01. The lowest BCUT2D eigenvalue weighted by Gasteiger charge is -2.42. The molecule has 2 N–H and O–H groups in total. The van der Waals surface area contributed by atoms with Gasteiger partial charge >= 0.3 is 0 Å². The highest BCUT2D eigenvalue weighted by atomic mass is 16.5. The maximum absolute atomic E-state index is 13.8. The second-order valence-electron chi connectivity index (χ2n) is 9.90. The van der Waals surface area contributed by atoms with Crippen molar-refractivity contribution in [3.63, 3.8) is 0 Å². The number of Topliss-reactive ketones (excluding diaryl/α,β-unsaturated/α-hetero) is 1. The number of allylic oxidation sites excluding steroid dienone is 3. The molecule has 2 heterocycles. The molecule has 6 rings (SSSR count). The van der Waals surface area contributed by atoms with Crippen molar-refractivity contribution in [2.45, 2.75) is 39.0 Å². The van der Waals surface area contributed by atoms with Gasteiger partial charge in [0, 0.05) is 18.4 Å². The van der Waals surface area contributed by atoms with E-state index in [1.807, 2.05) is 63.2 Å². The molecular formula is C27H22N4O2. The van der Waals surface area contributed by atoms with Gasteiger partial charge < -0.3 is 10.5 Å². The Labute approximate surface area is 191 Å². The van der Waals surface area contributed by atoms with Crippen molar-refractivity contribution in [2.24, 2.45) is 11.1 Å². The van der Waals surface area contributed by atoms with E-state index < -0.39 is 5.41 Å². The molecule has 0 amide bonds. The summed E-state index contributed by atoms with van der Waals surface area (Å²) in [4.78, 5) is 23.8. The van der Waals surface area contributed by atoms with Crippen LogP contribution in [-0.2, 0) is 14.9 Å². The number of ketones is 1. The Morgan fingerprint density at radius 1 is 1.09 bits per heavy atom. The highest BCUT2D eigenvalue weighted by Crippen LogP contribution is 2.60. The van der Waals surface area contributed by atoms with Gasteiger partial charge in [0.25, 0.3) is 0 Å². The van der Waals surface area contributed by atoms with Gasteiger partial charge in [0.05, 0.1) is 28.0 Å². The number of fused-ring (bicyclic) bond motifs is 7. The average molecular weight is 434 g/mol. The summed E-state index contributed by atoms with van der Waals surface area (Å²) in [6, 6.07) is 16.0. The van der Waals surface area contributed by atoms with Crippen LogP contribution in [0.1, 0.15) is 43.5 Å². The van der Waals surface area contributed by atoms with E-state index in [4.69, 9.17) is 20.4 Å². The van der Waals surface area contributed by atoms with E-state index in [0.29, 0.717) is 41.1 Å². The van der Waals surface area contributed by atoms with E-state index in [0.717, 1.165) is 22.2 Å². The molecule has 0 fully saturated rings. The molecular weight excluding hydrogens is 412 g/mol. The van der Waals surface area contributed by atoms with Gasteiger partial charge in [-0.05, 0) is 35.6 Å². The maximum Gasteiger partial charge on any atom is 0.205 e. The second-order valence-corrected chi connectivity index (χ2v) is 9.90. The summed E-state index contributed by atoms with van der Waals surface area (Å²) in [6.45, 7) is 6.08. The van der Waals surface area contributed by atoms with Crippen molar-refractivity contribution >= 4 is 16.8 Å². The molecule has 1 atom stereocenters. The lowest BCUT2D eigenvalue weighted by Crippen LogP contribution is -2.44.